The lowest BCUT2D eigenvalue weighted by Gasteiger charge is -2.34. The first-order valence-corrected chi connectivity index (χ1v) is 12.0. The molecule has 176 valence electrons. The second-order valence-corrected chi connectivity index (χ2v) is 8.26. The molecule has 1 fully saturated rings. The Balaban J connectivity index is 1.45. The van der Waals surface area contributed by atoms with Crippen LogP contribution in [-0.4, -0.2) is 73.2 Å². The molecule has 32 heavy (non-hydrogen) atoms. The van der Waals surface area contributed by atoms with Gasteiger partial charge < -0.3 is 19.7 Å². The van der Waals surface area contributed by atoms with Crippen LogP contribution in [0.4, 0.5) is 0 Å². The average Bonchev–Trinajstić information content (AvgIpc) is 3.20. The molecule has 7 nitrogen and oxygen atoms in total. The third-order valence-electron chi connectivity index (χ3n) is 5.81. The molecular formula is C25H39N5O2. The van der Waals surface area contributed by atoms with E-state index in [9.17, 15) is 0 Å². The molecule has 1 N–H and O–H groups in total. The third kappa shape index (κ3) is 7.35. The standard InChI is InChI=1S/C25H39N5O2/c1-4-26-25(29-16-13-24(14-17-29)32-19-9-18-31-3)27-15-8-10-22-20-30(28-21(22)2)23-11-6-5-7-12-23/h5-7,11-12,20,24H,4,8-10,13-19H2,1-3H3,(H,26,27). The van der Waals surface area contributed by atoms with E-state index in [1.165, 1.54) is 5.56 Å². The van der Waals surface area contributed by atoms with Crippen molar-refractivity contribution in [2.45, 2.75) is 52.1 Å². The molecule has 0 amide bonds. The smallest absolute Gasteiger partial charge is 0.193 e. The van der Waals surface area contributed by atoms with Crippen LogP contribution in [0.3, 0.4) is 0 Å². The molecule has 0 saturated carbocycles. The summed E-state index contributed by atoms with van der Waals surface area (Å²) >= 11 is 0. The Morgan fingerprint density at radius 3 is 2.66 bits per heavy atom. The second kappa shape index (κ2) is 13.2. The number of aryl methyl sites for hydroxylation is 2. The van der Waals surface area contributed by atoms with Gasteiger partial charge in [-0.15, -0.1) is 0 Å². The van der Waals surface area contributed by atoms with Gasteiger partial charge in [-0.05, 0) is 63.6 Å². The molecule has 1 aliphatic rings. The lowest BCUT2D eigenvalue weighted by atomic mass is 10.1. The van der Waals surface area contributed by atoms with Crippen LogP contribution in [-0.2, 0) is 15.9 Å². The van der Waals surface area contributed by atoms with Crippen LogP contribution in [0.15, 0.2) is 41.5 Å². The lowest BCUT2D eigenvalue weighted by molar-refractivity contribution is 0.00990. The van der Waals surface area contributed by atoms with Crippen molar-refractivity contribution >= 4 is 5.96 Å². The zero-order valence-electron chi connectivity index (χ0n) is 19.9. The molecule has 1 aromatic heterocycles. The van der Waals surface area contributed by atoms with Crippen molar-refractivity contribution in [3.8, 4) is 5.69 Å². The number of ether oxygens (including phenoxy) is 2. The number of hydrogen-bond acceptors (Lipinski definition) is 4. The highest BCUT2D eigenvalue weighted by molar-refractivity contribution is 5.80. The first kappa shape index (κ1) is 24.3. The van der Waals surface area contributed by atoms with E-state index in [1.807, 2.05) is 22.9 Å². The van der Waals surface area contributed by atoms with E-state index >= 15 is 0 Å². The zero-order valence-corrected chi connectivity index (χ0v) is 19.9. The third-order valence-corrected chi connectivity index (χ3v) is 5.81. The molecule has 0 spiro atoms. The fraction of sp³-hybridized carbons (Fsp3) is 0.600. The number of piperidine rings is 1. The predicted molar refractivity (Wildman–Crippen MR) is 130 cm³/mol. The fourth-order valence-electron chi connectivity index (χ4n) is 4.02. The van der Waals surface area contributed by atoms with E-state index in [2.05, 4.69) is 47.5 Å². The van der Waals surface area contributed by atoms with Gasteiger partial charge >= 0.3 is 0 Å². The van der Waals surface area contributed by atoms with Gasteiger partial charge in [0.25, 0.3) is 0 Å². The Bertz CT molecular complexity index is 813. The molecular weight excluding hydrogens is 402 g/mol. The fourth-order valence-corrected chi connectivity index (χ4v) is 4.02. The van der Waals surface area contributed by atoms with Crippen molar-refractivity contribution in [1.82, 2.24) is 20.0 Å². The number of aliphatic imine (C=N–C) groups is 1. The lowest BCUT2D eigenvalue weighted by Crippen LogP contribution is -2.47. The van der Waals surface area contributed by atoms with E-state index in [0.29, 0.717) is 6.10 Å². The van der Waals surface area contributed by atoms with E-state index in [-0.39, 0.29) is 0 Å². The minimum absolute atomic E-state index is 0.357. The SMILES string of the molecule is CCNC(=NCCCc1cn(-c2ccccc2)nc1C)N1CCC(OCCCOC)CC1. The molecule has 0 unspecified atom stereocenters. The maximum atomic E-state index is 5.99. The molecule has 0 radical (unpaired) electrons. The van der Waals surface area contributed by atoms with Crippen molar-refractivity contribution in [3.63, 3.8) is 0 Å². The molecule has 0 aliphatic carbocycles. The van der Waals surface area contributed by atoms with Gasteiger partial charge in [0.15, 0.2) is 5.96 Å². The molecule has 3 rings (SSSR count). The number of nitrogens with zero attached hydrogens (tertiary/aromatic N) is 4. The quantitative estimate of drug-likeness (QED) is 0.328. The number of guanidine groups is 1. The van der Waals surface area contributed by atoms with Crippen LogP contribution in [0, 0.1) is 6.92 Å². The summed E-state index contributed by atoms with van der Waals surface area (Å²) in [6.45, 7) is 9.44. The maximum Gasteiger partial charge on any atom is 0.193 e. The van der Waals surface area contributed by atoms with Crippen molar-refractivity contribution in [3.05, 3.63) is 47.8 Å². The number of aromatic nitrogens is 2. The van der Waals surface area contributed by atoms with Gasteiger partial charge in [0.1, 0.15) is 0 Å². The number of rotatable bonds is 11. The molecule has 0 atom stereocenters. The Kier molecular flexibility index (Phi) is 10.0. The van der Waals surface area contributed by atoms with Crippen LogP contribution < -0.4 is 5.32 Å². The van der Waals surface area contributed by atoms with Gasteiger partial charge in [0.2, 0.25) is 0 Å². The summed E-state index contributed by atoms with van der Waals surface area (Å²) < 4.78 is 13.1. The topological polar surface area (TPSA) is 63.9 Å². The molecule has 1 saturated heterocycles. The monoisotopic (exact) mass is 441 g/mol. The summed E-state index contributed by atoms with van der Waals surface area (Å²) in [6.07, 6.45) is 7.57. The summed E-state index contributed by atoms with van der Waals surface area (Å²) in [7, 11) is 1.74. The predicted octanol–water partition coefficient (Wildman–Crippen LogP) is 3.60. The molecule has 2 aromatic rings. The summed E-state index contributed by atoms with van der Waals surface area (Å²) in [5.41, 5.74) is 3.48. The highest BCUT2D eigenvalue weighted by Gasteiger charge is 2.21. The van der Waals surface area contributed by atoms with Crippen molar-refractivity contribution < 1.29 is 9.47 Å². The summed E-state index contributed by atoms with van der Waals surface area (Å²) in [5, 5.41) is 8.14. The number of methoxy groups -OCH3 is 1. The Morgan fingerprint density at radius 2 is 1.94 bits per heavy atom. The molecule has 1 aliphatic heterocycles. The van der Waals surface area contributed by atoms with Crippen LogP contribution in [0.2, 0.25) is 0 Å². The molecule has 0 bridgehead atoms. The molecule has 1 aromatic carbocycles. The van der Waals surface area contributed by atoms with Gasteiger partial charge in [0, 0.05) is 52.7 Å². The summed E-state index contributed by atoms with van der Waals surface area (Å²) in [5.74, 6) is 1.03. The Hall–Kier alpha value is -2.38. The van der Waals surface area contributed by atoms with Crippen LogP contribution in [0.5, 0.6) is 0 Å². The first-order valence-electron chi connectivity index (χ1n) is 12.0. The normalized spacial score (nSPS) is 15.3. The van der Waals surface area contributed by atoms with Gasteiger partial charge in [0.05, 0.1) is 17.5 Å². The van der Waals surface area contributed by atoms with Crippen molar-refractivity contribution in [1.29, 1.82) is 0 Å². The minimum Gasteiger partial charge on any atom is -0.385 e. The zero-order chi connectivity index (χ0) is 22.6. The van der Waals surface area contributed by atoms with E-state index < -0.39 is 0 Å². The Morgan fingerprint density at radius 1 is 1.16 bits per heavy atom. The number of hydrogen-bond donors (Lipinski definition) is 1. The van der Waals surface area contributed by atoms with E-state index in [0.717, 1.165) is 88.8 Å². The van der Waals surface area contributed by atoms with Gasteiger partial charge in [-0.1, -0.05) is 18.2 Å². The number of likely N-dealkylation sites (tertiary alicyclic amines) is 1. The largest absolute Gasteiger partial charge is 0.385 e. The number of benzene rings is 1. The maximum absolute atomic E-state index is 5.99. The van der Waals surface area contributed by atoms with E-state index in [1.54, 1.807) is 7.11 Å². The second-order valence-electron chi connectivity index (χ2n) is 8.26. The number of para-hydroxylation sites is 1. The summed E-state index contributed by atoms with van der Waals surface area (Å²) in [4.78, 5) is 7.28. The Labute approximate surface area is 192 Å². The number of nitrogens with one attached hydrogen (secondary N) is 1. The molecule has 7 heteroatoms. The first-order chi connectivity index (χ1) is 15.7. The van der Waals surface area contributed by atoms with Crippen LogP contribution >= 0.6 is 0 Å². The van der Waals surface area contributed by atoms with Crippen molar-refractivity contribution in [2.24, 2.45) is 4.99 Å². The minimum atomic E-state index is 0.357. The van der Waals surface area contributed by atoms with Gasteiger partial charge in [-0.2, -0.15) is 5.10 Å². The summed E-state index contributed by atoms with van der Waals surface area (Å²) in [6, 6.07) is 10.3. The molecule has 2 heterocycles. The van der Waals surface area contributed by atoms with Crippen molar-refractivity contribution in [2.75, 3.05) is 46.5 Å². The highest BCUT2D eigenvalue weighted by atomic mass is 16.5. The van der Waals surface area contributed by atoms with E-state index in [4.69, 9.17) is 14.5 Å². The van der Waals surface area contributed by atoms with Crippen LogP contribution in [0.25, 0.3) is 5.69 Å². The highest BCUT2D eigenvalue weighted by Crippen LogP contribution is 2.15. The van der Waals surface area contributed by atoms with Gasteiger partial charge in [-0.3, -0.25) is 4.99 Å². The average molecular weight is 442 g/mol. The van der Waals surface area contributed by atoms with Gasteiger partial charge in [-0.25, -0.2) is 4.68 Å². The van der Waals surface area contributed by atoms with Crippen LogP contribution in [0.1, 0.15) is 43.9 Å².